The molecule has 1 unspecified atom stereocenters. The number of nitrogens with one attached hydrogen (secondary N) is 2. The Hall–Kier alpha value is -0.610. The van der Waals surface area contributed by atoms with Crippen molar-refractivity contribution in [2.45, 2.75) is 31.7 Å². The highest BCUT2D eigenvalue weighted by atomic mass is 16.1. The molecular formula is C12H25N3O. The smallest absolute Gasteiger partial charge is 0.224 e. The second-order valence-electron chi connectivity index (χ2n) is 5.15. The van der Waals surface area contributed by atoms with Crippen LogP contribution < -0.4 is 10.6 Å². The van der Waals surface area contributed by atoms with Crippen LogP contribution in [-0.4, -0.2) is 50.6 Å². The third kappa shape index (κ3) is 2.95. The first-order chi connectivity index (χ1) is 7.52. The molecule has 16 heavy (non-hydrogen) atoms. The molecule has 1 aliphatic carbocycles. The van der Waals surface area contributed by atoms with Gasteiger partial charge >= 0.3 is 0 Å². The summed E-state index contributed by atoms with van der Waals surface area (Å²) in [5, 5.41) is 6.10. The van der Waals surface area contributed by atoms with E-state index in [9.17, 15) is 4.79 Å². The Bertz CT molecular complexity index is 236. The second-order valence-corrected chi connectivity index (χ2v) is 5.15. The molecule has 0 radical (unpaired) electrons. The fraction of sp³-hybridized carbons (Fsp3) is 0.917. The minimum atomic E-state index is 0.0456. The molecule has 1 fully saturated rings. The minimum Gasteiger partial charge on any atom is -0.354 e. The van der Waals surface area contributed by atoms with Gasteiger partial charge in [0.2, 0.25) is 5.91 Å². The van der Waals surface area contributed by atoms with Crippen LogP contribution in [0.25, 0.3) is 0 Å². The van der Waals surface area contributed by atoms with E-state index in [1.165, 1.54) is 19.3 Å². The monoisotopic (exact) mass is 227 g/mol. The molecule has 1 saturated carbocycles. The number of hydrogen-bond acceptors (Lipinski definition) is 3. The van der Waals surface area contributed by atoms with Crippen LogP contribution >= 0.6 is 0 Å². The standard InChI is InChI=1S/C12H25N3O/c1-10(8-13-2)11(16)14-9-12(15(3)4)6-5-7-12/h10,13H,5-9H2,1-4H3,(H,14,16). The van der Waals surface area contributed by atoms with Crippen LogP contribution in [0.5, 0.6) is 0 Å². The first-order valence-corrected chi connectivity index (χ1v) is 6.11. The van der Waals surface area contributed by atoms with Gasteiger partial charge in [-0.2, -0.15) is 0 Å². The Morgan fingerprint density at radius 2 is 2.06 bits per heavy atom. The predicted molar refractivity (Wildman–Crippen MR) is 66.4 cm³/mol. The van der Waals surface area contributed by atoms with Crippen molar-refractivity contribution in [2.75, 3.05) is 34.2 Å². The Morgan fingerprint density at radius 3 is 2.44 bits per heavy atom. The van der Waals surface area contributed by atoms with Gasteiger partial charge in [-0.05, 0) is 40.4 Å². The number of hydrogen-bond donors (Lipinski definition) is 2. The predicted octanol–water partition coefficient (Wildman–Crippen LogP) is 0.442. The minimum absolute atomic E-state index is 0.0456. The molecule has 1 atom stereocenters. The molecule has 0 aromatic heterocycles. The average molecular weight is 227 g/mol. The number of carbonyl (C=O) groups excluding carboxylic acids is 1. The number of carbonyl (C=O) groups is 1. The molecule has 1 amide bonds. The molecule has 4 heteroatoms. The van der Waals surface area contributed by atoms with Crippen molar-refractivity contribution in [3.63, 3.8) is 0 Å². The van der Waals surface area contributed by atoms with Gasteiger partial charge in [0, 0.05) is 24.5 Å². The van der Waals surface area contributed by atoms with Gasteiger partial charge in [0.15, 0.2) is 0 Å². The van der Waals surface area contributed by atoms with Gasteiger partial charge in [-0.15, -0.1) is 0 Å². The summed E-state index contributed by atoms with van der Waals surface area (Å²) in [7, 11) is 6.07. The van der Waals surface area contributed by atoms with Gasteiger partial charge in [-0.1, -0.05) is 6.92 Å². The Labute approximate surface area is 98.8 Å². The van der Waals surface area contributed by atoms with Crippen molar-refractivity contribution in [3.8, 4) is 0 Å². The van der Waals surface area contributed by atoms with Crippen LogP contribution in [0, 0.1) is 5.92 Å². The van der Waals surface area contributed by atoms with Crippen LogP contribution in [0.2, 0.25) is 0 Å². The van der Waals surface area contributed by atoms with Crippen molar-refractivity contribution in [3.05, 3.63) is 0 Å². The maximum absolute atomic E-state index is 11.8. The molecule has 0 bridgehead atoms. The van der Waals surface area contributed by atoms with Gasteiger partial charge in [0.25, 0.3) is 0 Å². The molecule has 0 aromatic carbocycles. The molecule has 0 aliphatic heterocycles. The van der Waals surface area contributed by atoms with Crippen molar-refractivity contribution in [1.29, 1.82) is 0 Å². The molecule has 4 nitrogen and oxygen atoms in total. The highest BCUT2D eigenvalue weighted by Crippen LogP contribution is 2.35. The summed E-state index contributed by atoms with van der Waals surface area (Å²) in [5.74, 6) is 0.201. The molecule has 0 heterocycles. The van der Waals surface area contributed by atoms with Crippen molar-refractivity contribution in [1.82, 2.24) is 15.5 Å². The highest BCUT2D eigenvalue weighted by Gasteiger charge is 2.39. The third-order valence-corrected chi connectivity index (χ3v) is 3.78. The van der Waals surface area contributed by atoms with Gasteiger partial charge in [-0.3, -0.25) is 4.79 Å². The average Bonchev–Trinajstić information content (AvgIpc) is 2.15. The lowest BCUT2D eigenvalue weighted by atomic mass is 9.75. The normalized spacial score (nSPS) is 20.3. The molecule has 1 aliphatic rings. The summed E-state index contributed by atoms with van der Waals surface area (Å²) in [6, 6.07) is 0. The van der Waals surface area contributed by atoms with E-state index >= 15 is 0 Å². The number of likely N-dealkylation sites (N-methyl/N-ethyl adjacent to an activating group) is 1. The van der Waals surface area contributed by atoms with Gasteiger partial charge in [-0.25, -0.2) is 0 Å². The van der Waals surface area contributed by atoms with Crippen molar-refractivity contribution < 1.29 is 4.79 Å². The Balaban J connectivity index is 2.35. The first-order valence-electron chi connectivity index (χ1n) is 6.11. The quantitative estimate of drug-likeness (QED) is 0.692. The van der Waals surface area contributed by atoms with E-state index in [2.05, 4.69) is 29.6 Å². The summed E-state index contributed by atoms with van der Waals surface area (Å²) < 4.78 is 0. The lowest BCUT2D eigenvalue weighted by Gasteiger charge is -2.47. The van der Waals surface area contributed by atoms with Gasteiger partial charge in [0.1, 0.15) is 0 Å². The molecule has 0 saturated heterocycles. The third-order valence-electron chi connectivity index (χ3n) is 3.78. The largest absolute Gasteiger partial charge is 0.354 e. The second kappa shape index (κ2) is 5.64. The van der Waals surface area contributed by atoms with E-state index in [4.69, 9.17) is 0 Å². The number of nitrogens with zero attached hydrogens (tertiary/aromatic N) is 1. The van der Waals surface area contributed by atoms with E-state index in [1.54, 1.807) is 0 Å². The summed E-state index contributed by atoms with van der Waals surface area (Å²) in [5.41, 5.74) is 0.217. The maximum Gasteiger partial charge on any atom is 0.224 e. The lowest BCUT2D eigenvalue weighted by Crippen LogP contribution is -2.57. The Morgan fingerprint density at radius 1 is 1.44 bits per heavy atom. The Kier molecular flexibility index (Phi) is 4.74. The fourth-order valence-electron chi connectivity index (χ4n) is 2.19. The fourth-order valence-corrected chi connectivity index (χ4v) is 2.19. The highest BCUT2D eigenvalue weighted by molar-refractivity contribution is 5.78. The zero-order valence-electron chi connectivity index (χ0n) is 11.0. The van der Waals surface area contributed by atoms with Crippen LogP contribution in [-0.2, 0) is 4.79 Å². The summed E-state index contributed by atoms with van der Waals surface area (Å²) in [6.07, 6.45) is 3.67. The van der Waals surface area contributed by atoms with Crippen LogP contribution in [0.4, 0.5) is 0 Å². The van der Waals surface area contributed by atoms with Crippen molar-refractivity contribution in [2.24, 2.45) is 5.92 Å². The van der Waals surface area contributed by atoms with E-state index < -0.39 is 0 Å². The van der Waals surface area contributed by atoms with E-state index in [0.717, 1.165) is 13.1 Å². The first kappa shape index (κ1) is 13.5. The molecule has 94 valence electrons. The zero-order chi connectivity index (χ0) is 12.2. The van der Waals surface area contributed by atoms with E-state index in [1.807, 2.05) is 14.0 Å². The summed E-state index contributed by atoms with van der Waals surface area (Å²) in [4.78, 5) is 14.0. The molecule has 2 N–H and O–H groups in total. The molecular weight excluding hydrogens is 202 g/mol. The molecule has 0 aromatic rings. The summed E-state index contributed by atoms with van der Waals surface area (Å²) >= 11 is 0. The van der Waals surface area contributed by atoms with E-state index in [0.29, 0.717) is 0 Å². The summed E-state index contributed by atoms with van der Waals surface area (Å²) in [6.45, 7) is 3.47. The SMILES string of the molecule is CNCC(C)C(=O)NCC1(N(C)C)CCC1. The number of amides is 1. The topological polar surface area (TPSA) is 44.4 Å². The van der Waals surface area contributed by atoms with Gasteiger partial charge in [0.05, 0.1) is 0 Å². The van der Waals surface area contributed by atoms with Crippen LogP contribution in [0.15, 0.2) is 0 Å². The zero-order valence-corrected chi connectivity index (χ0v) is 11.0. The van der Waals surface area contributed by atoms with Gasteiger partial charge < -0.3 is 15.5 Å². The van der Waals surface area contributed by atoms with E-state index in [-0.39, 0.29) is 17.4 Å². The maximum atomic E-state index is 11.8. The van der Waals surface area contributed by atoms with Crippen LogP contribution in [0.3, 0.4) is 0 Å². The number of rotatable bonds is 6. The van der Waals surface area contributed by atoms with Crippen molar-refractivity contribution >= 4 is 5.91 Å². The van der Waals surface area contributed by atoms with Crippen LogP contribution in [0.1, 0.15) is 26.2 Å². The molecule has 1 rings (SSSR count). The lowest BCUT2D eigenvalue weighted by molar-refractivity contribution is -0.125. The molecule has 0 spiro atoms.